The molecule has 0 saturated carbocycles. The lowest BCUT2D eigenvalue weighted by Gasteiger charge is -1.95. The largest absolute Gasteiger partial charge is 0.270 e. The van der Waals surface area contributed by atoms with Gasteiger partial charge in [0.25, 0.3) is 0 Å². The van der Waals surface area contributed by atoms with Crippen LogP contribution in [0.5, 0.6) is 0 Å². The van der Waals surface area contributed by atoms with E-state index >= 15 is 0 Å². The van der Waals surface area contributed by atoms with Gasteiger partial charge in [-0.1, -0.05) is 12.1 Å². The van der Waals surface area contributed by atoms with Gasteiger partial charge in [-0.25, -0.2) is 4.39 Å². The highest BCUT2D eigenvalue weighted by Gasteiger charge is 2.08. The normalized spacial score (nSPS) is 11.3. The van der Waals surface area contributed by atoms with E-state index in [0.29, 0.717) is 5.69 Å². The number of aromatic nitrogens is 2. The van der Waals surface area contributed by atoms with E-state index in [-0.39, 0.29) is 11.5 Å². The summed E-state index contributed by atoms with van der Waals surface area (Å²) in [7, 11) is 1.84. The van der Waals surface area contributed by atoms with E-state index < -0.39 is 0 Å². The van der Waals surface area contributed by atoms with Crippen molar-refractivity contribution < 1.29 is 4.39 Å². The second-order valence-electron chi connectivity index (χ2n) is 3.79. The number of hydrogen-bond donors (Lipinski definition) is 0. The van der Waals surface area contributed by atoms with Gasteiger partial charge in [-0.15, -0.1) is 10.2 Å². The number of rotatable bonds is 2. The first-order valence-electron chi connectivity index (χ1n) is 5.26. The molecule has 2 aromatic rings. The molecule has 17 heavy (non-hydrogen) atoms. The maximum atomic E-state index is 13.3. The molecule has 1 aromatic heterocycles. The van der Waals surface area contributed by atoms with Crippen LogP contribution >= 0.6 is 0 Å². The highest BCUT2D eigenvalue weighted by Crippen LogP contribution is 2.25. The molecule has 2 rings (SSSR count). The average Bonchev–Trinajstić information content (AvgIpc) is 2.53. The first kappa shape index (κ1) is 11.4. The van der Waals surface area contributed by atoms with Crippen molar-refractivity contribution in [3.63, 3.8) is 0 Å². The molecule has 0 aliphatic rings. The molecule has 88 valence electrons. The topological polar surface area (TPSA) is 42.5 Å². The lowest BCUT2D eigenvalue weighted by molar-refractivity contribution is 0.628. The van der Waals surface area contributed by atoms with Crippen LogP contribution in [0.1, 0.15) is 11.4 Å². The molecule has 0 amide bonds. The summed E-state index contributed by atoms with van der Waals surface area (Å²) in [5.74, 6) is -0.379. The average molecular weight is 232 g/mol. The van der Waals surface area contributed by atoms with Gasteiger partial charge >= 0.3 is 0 Å². The maximum Gasteiger partial charge on any atom is 0.150 e. The van der Waals surface area contributed by atoms with Crippen LogP contribution in [0.2, 0.25) is 0 Å². The fourth-order valence-corrected chi connectivity index (χ4v) is 1.54. The molecule has 0 aliphatic carbocycles. The molecule has 0 atom stereocenters. The Morgan fingerprint density at radius 2 is 1.88 bits per heavy atom. The van der Waals surface area contributed by atoms with Crippen molar-refractivity contribution in [1.29, 1.82) is 0 Å². The predicted molar refractivity (Wildman–Crippen MR) is 63.3 cm³/mol. The fourth-order valence-electron chi connectivity index (χ4n) is 1.54. The smallest absolute Gasteiger partial charge is 0.150 e. The second kappa shape index (κ2) is 4.45. The predicted octanol–water partition coefficient (Wildman–Crippen LogP) is 3.59. The van der Waals surface area contributed by atoms with Gasteiger partial charge in [0.2, 0.25) is 0 Å². The second-order valence-corrected chi connectivity index (χ2v) is 3.79. The Hall–Kier alpha value is -2.04. The zero-order chi connectivity index (χ0) is 12.4. The van der Waals surface area contributed by atoms with E-state index in [4.69, 9.17) is 0 Å². The summed E-state index contributed by atoms with van der Waals surface area (Å²) in [6.07, 6.45) is 0. The monoisotopic (exact) mass is 232 g/mol. The molecule has 0 spiro atoms. The van der Waals surface area contributed by atoms with E-state index in [0.717, 1.165) is 11.4 Å². The molecule has 1 heterocycles. The maximum absolute atomic E-state index is 13.3. The zero-order valence-electron chi connectivity index (χ0n) is 9.98. The molecule has 0 fully saturated rings. The summed E-state index contributed by atoms with van der Waals surface area (Å²) >= 11 is 0. The van der Waals surface area contributed by atoms with Crippen LogP contribution < -0.4 is 0 Å². The molecule has 0 aliphatic heterocycles. The van der Waals surface area contributed by atoms with Crippen molar-refractivity contribution in [3.8, 4) is 0 Å². The number of aryl methyl sites for hydroxylation is 2. The van der Waals surface area contributed by atoms with Crippen molar-refractivity contribution in [1.82, 2.24) is 9.78 Å². The van der Waals surface area contributed by atoms with Crippen molar-refractivity contribution in [2.24, 2.45) is 17.3 Å². The van der Waals surface area contributed by atoms with Gasteiger partial charge in [-0.05, 0) is 26.0 Å². The van der Waals surface area contributed by atoms with Gasteiger partial charge in [0.05, 0.1) is 11.4 Å². The van der Waals surface area contributed by atoms with E-state index in [2.05, 4.69) is 15.3 Å². The Morgan fingerprint density at radius 1 is 1.18 bits per heavy atom. The summed E-state index contributed by atoms with van der Waals surface area (Å²) in [6.45, 7) is 3.75. The summed E-state index contributed by atoms with van der Waals surface area (Å²) in [5.41, 5.74) is 2.61. The summed E-state index contributed by atoms with van der Waals surface area (Å²) in [6, 6.07) is 6.28. The summed E-state index contributed by atoms with van der Waals surface area (Å²) in [4.78, 5) is 0. The Morgan fingerprint density at radius 3 is 2.47 bits per heavy atom. The Kier molecular flexibility index (Phi) is 2.99. The lowest BCUT2D eigenvalue weighted by Crippen LogP contribution is -1.91. The van der Waals surface area contributed by atoms with E-state index in [9.17, 15) is 4.39 Å². The van der Waals surface area contributed by atoms with Crippen molar-refractivity contribution in [3.05, 3.63) is 41.5 Å². The Balaban J connectivity index is 2.36. The molecular formula is C12H13FN4. The first-order valence-corrected chi connectivity index (χ1v) is 5.26. The van der Waals surface area contributed by atoms with Crippen LogP contribution in [0, 0.1) is 19.7 Å². The first-order chi connectivity index (χ1) is 8.09. The van der Waals surface area contributed by atoms with Gasteiger partial charge in [0.1, 0.15) is 11.4 Å². The van der Waals surface area contributed by atoms with Gasteiger partial charge in [-0.2, -0.15) is 5.10 Å². The number of azo groups is 1. The Labute approximate surface area is 98.8 Å². The van der Waals surface area contributed by atoms with Crippen molar-refractivity contribution in [2.75, 3.05) is 0 Å². The summed E-state index contributed by atoms with van der Waals surface area (Å²) in [5, 5.41) is 12.2. The van der Waals surface area contributed by atoms with E-state index in [1.165, 1.54) is 6.07 Å². The fraction of sp³-hybridized carbons (Fsp3) is 0.250. The third kappa shape index (κ3) is 2.22. The minimum Gasteiger partial charge on any atom is -0.270 e. The molecule has 0 unspecified atom stereocenters. The quantitative estimate of drug-likeness (QED) is 0.729. The van der Waals surface area contributed by atoms with Crippen LogP contribution in [-0.4, -0.2) is 9.78 Å². The molecule has 0 saturated heterocycles. The number of hydrogen-bond acceptors (Lipinski definition) is 3. The van der Waals surface area contributed by atoms with E-state index in [1.54, 1.807) is 22.9 Å². The third-order valence-electron chi connectivity index (χ3n) is 2.58. The van der Waals surface area contributed by atoms with Crippen LogP contribution in [0.15, 0.2) is 34.5 Å². The minimum atomic E-state index is -0.379. The van der Waals surface area contributed by atoms with E-state index in [1.807, 2.05) is 20.9 Å². The van der Waals surface area contributed by atoms with Gasteiger partial charge in [-0.3, -0.25) is 4.68 Å². The van der Waals surface area contributed by atoms with Gasteiger partial charge < -0.3 is 0 Å². The van der Waals surface area contributed by atoms with Crippen LogP contribution in [0.25, 0.3) is 0 Å². The van der Waals surface area contributed by atoms with Gasteiger partial charge in [0.15, 0.2) is 5.82 Å². The highest BCUT2D eigenvalue weighted by atomic mass is 19.1. The number of nitrogens with zero attached hydrogens (tertiary/aromatic N) is 4. The van der Waals surface area contributed by atoms with Crippen LogP contribution in [0.4, 0.5) is 15.8 Å². The molecule has 0 radical (unpaired) electrons. The molecular weight excluding hydrogens is 219 g/mol. The highest BCUT2D eigenvalue weighted by molar-refractivity contribution is 5.47. The SMILES string of the molecule is Cc1nn(C)c(C)c1N=Nc1ccccc1F. The molecule has 1 aromatic carbocycles. The standard InChI is InChI=1S/C12H13FN4/c1-8-12(9(2)17(3)16-8)15-14-11-7-5-4-6-10(11)13/h4-7H,1-3H3. The minimum absolute atomic E-state index is 0.232. The zero-order valence-corrected chi connectivity index (χ0v) is 9.98. The number of halogens is 1. The third-order valence-corrected chi connectivity index (χ3v) is 2.58. The lowest BCUT2D eigenvalue weighted by atomic mass is 10.3. The molecule has 5 heteroatoms. The van der Waals surface area contributed by atoms with Gasteiger partial charge in [0, 0.05) is 7.05 Å². The molecule has 0 N–H and O–H groups in total. The van der Waals surface area contributed by atoms with Crippen LogP contribution in [-0.2, 0) is 7.05 Å². The Bertz CT molecular complexity index is 572. The van der Waals surface area contributed by atoms with Crippen molar-refractivity contribution >= 4 is 11.4 Å². The van der Waals surface area contributed by atoms with Crippen molar-refractivity contribution in [2.45, 2.75) is 13.8 Å². The molecule has 0 bridgehead atoms. The number of benzene rings is 1. The molecule has 4 nitrogen and oxygen atoms in total. The van der Waals surface area contributed by atoms with Crippen LogP contribution in [0.3, 0.4) is 0 Å². The summed E-state index contributed by atoms with van der Waals surface area (Å²) < 4.78 is 15.1.